The molecule has 0 spiro atoms. The number of aromatic nitrogens is 1. The van der Waals surface area contributed by atoms with E-state index in [-0.39, 0.29) is 47.7 Å². The molecular formula is C47H52F3N9O4S. The number of alkyl halides is 3. The van der Waals surface area contributed by atoms with Crippen LogP contribution in [0.5, 0.6) is 0 Å². The molecule has 17 heteroatoms. The molecule has 8 rings (SSSR count). The smallest absolute Gasteiger partial charge is 0.372 e. The summed E-state index contributed by atoms with van der Waals surface area (Å²) in [5, 5.41) is 12.6. The number of hydrogen-bond acceptors (Lipinski definition) is 8. The minimum Gasteiger partial charge on any atom is -0.372 e. The van der Waals surface area contributed by atoms with Gasteiger partial charge in [0.15, 0.2) is 5.11 Å². The van der Waals surface area contributed by atoms with Crippen LogP contribution in [0.25, 0.3) is 10.9 Å². The summed E-state index contributed by atoms with van der Waals surface area (Å²) < 4.78 is 43.5. The van der Waals surface area contributed by atoms with Crippen molar-refractivity contribution in [3.05, 3.63) is 83.6 Å². The zero-order valence-electron chi connectivity index (χ0n) is 36.6. The normalized spacial score (nSPS) is 19.2. The summed E-state index contributed by atoms with van der Waals surface area (Å²) in [6.07, 6.45) is 1.12. The number of carbonyl (C=O) groups is 4. The molecule has 336 valence electrons. The molecule has 0 bridgehead atoms. The number of piperidine rings is 2. The monoisotopic (exact) mass is 895 g/mol. The molecule has 4 aliphatic rings. The van der Waals surface area contributed by atoms with E-state index >= 15 is 0 Å². The van der Waals surface area contributed by atoms with Crippen LogP contribution in [0, 0.1) is 17.2 Å². The van der Waals surface area contributed by atoms with Gasteiger partial charge >= 0.3 is 12.2 Å². The first kappa shape index (κ1) is 44.6. The molecule has 5 amide bonds. The quantitative estimate of drug-likeness (QED) is 0.167. The van der Waals surface area contributed by atoms with Gasteiger partial charge in [0.1, 0.15) is 5.54 Å². The Morgan fingerprint density at radius 1 is 0.922 bits per heavy atom. The molecule has 0 aliphatic carbocycles. The van der Waals surface area contributed by atoms with Crippen LogP contribution in [0.4, 0.5) is 40.7 Å². The number of imide groups is 1. The van der Waals surface area contributed by atoms with E-state index in [2.05, 4.69) is 33.5 Å². The fraction of sp³-hybridized carbons (Fsp3) is 0.447. The van der Waals surface area contributed by atoms with E-state index in [1.54, 1.807) is 35.8 Å². The predicted octanol–water partition coefficient (Wildman–Crippen LogP) is 7.93. The lowest BCUT2D eigenvalue weighted by Gasteiger charge is -2.40. The van der Waals surface area contributed by atoms with Crippen molar-refractivity contribution in [1.82, 2.24) is 19.7 Å². The molecule has 13 nitrogen and oxygen atoms in total. The van der Waals surface area contributed by atoms with Gasteiger partial charge in [0, 0.05) is 93.3 Å². The third-order valence-electron chi connectivity index (χ3n) is 13.3. The summed E-state index contributed by atoms with van der Waals surface area (Å²) in [5.41, 5.74) is 0.780. The van der Waals surface area contributed by atoms with Gasteiger partial charge in [-0.15, -0.1) is 0 Å². The Morgan fingerprint density at radius 2 is 1.58 bits per heavy atom. The summed E-state index contributed by atoms with van der Waals surface area (Å²) in [6.45, 7) is 12.3. The number of halogens is 3. The molecule has 5 heterocycles. The van der Waals surface area contributed by atoms with Gasteiger partial charge in [-0.1, -0.05) is 0 Å². The third-order valence-corrected chi connectivity index (χ3v) is 13.7. The lowest BCUT2D eigenvalue weighted by molar-refractivity contribution is -0.137. The molecule has 4 aromatic rings. The van der Waals surface area contributed by atoms with Crippen LogP contribution in [0.2, 0.25) is 0 Å². The van der Waals surface area contributed by atoms with Gasteiger partial charge in [-0.05, 0) is 132 Å². The third kappa shape index (κ3) is 8.29. The van der Waals surface area contributed by atoms with Gasteiger partial charge in [0.25, 0.3) is 11.8 Å². The number of anilines is 4. The van der Waals surface area contributed by atoms with Crippen molar-refractivity contribution in [3.8, 4) is 6.07 Å². The van der Waals surface area contributed by atoms with Crippen LogP contribution in [-0.4, -0.2) is 101 Å². The first-order chi connectivity index (χ1) is 30.4. The van der Waals surface area contributed by atoms with Crippen LogP contribution in [-0.2, 0) is 15.8 Å². The molecule has 4 saturated heterocycles. The topological polar surface area (TPSA) is 128 Å². The summed E-state index contributed by atoms with van der Waals surface area (Å²) in [6, 6.07) is 17.9. The van der Waals surface area contributed by atoms with E-state index in [0.717, 1.165) is 92.0 Å². The molecule has 4 fully saturated rings. The maximum Gasteiger partial charge on any atom is 0.417 e. The number of carbonyl (C=O) groups excluding carboxylic acids is 4. The molecule has 0 saturated carbocycles. The van der Waals surface area contributed by atoms with Gasteiger partial charge in [-0.2, -0.15) is 18.4 Å². The second-order valence-electron chi connectivity index (χ2n) is 18.1. The summed E-state index contributed by atoms with van der Waals surface area (Å²) in [7, 11) is 1.87. The number of fused-ring (bicyclic) bond motifs is 1. The average molecular weight is 896 g/mol. The second kappa shape index (κ2) is 17.2. The predicted molar refractivity (Wildman–Crippen MR) is 244 cm³/mol. The number of benzene rings is 3. The minimum absolute atomic E-state index is 0.0488. The summed E-state index contributed by atoms with van der Waals surface area (Å²) in [4.78, 5) is 63.7. The molecule has 3 aromatic carbocycles. The second-order valence-corrected chi connectivity index (χ2v) is 18.4. The number of thiocarbonyl (C=S) groups is 1. The number of amides is 5. The SMILES string of the molecule is CC(C)n1ccc2c(N3CCC(=O)NC3=O)cc(C(=O)N(C)C3CCN(CC4CCN(c5ccc(N6C(=S)N(c7ccc(C#N)c(C(F)(F)F)c7)C(=O)C6(C)C)cc5)CC4)CC3)cc21. The van der Waals surface area contributed by atoms with Crippen LogP contribution in [0.3, 0.4) is 0 Å². The van der Waals surface area contributed by atoms with Gasteiger partial charge < -0.3 is 24.2 Å². The van der Waals surface area contributed by atoms with E-state index in [4.69, 9.17) is 12.2 Å². The highest BCUT2D eigenvalue weighted by molar-refractivity contribution is 7.81. The van der Waals surface area contributed by atoms with Crippen molar-refractivity contribution >= 4 is 74.7 Å². The number of urea groups is 1. The summed E-state index contributed by atoms with van der Waals surface area (Å²) >= 11 is 5.72. The first-order valence-electron chi connectivity index (χ1n) is 21.8. The number of nitrogens with zero attached hydrogens (tertiary/aromatic N) is 8. The highest BCUT2D eigenvalue weighted by Crippen LogP contribution is 2.41. The molecule has 4 aliphatic heterocycles. The average Bonchev–Trinajstić information content (AvgIpc) is 3.78. The van der Waals surface area contributed by atoms with E-state index in [1.807, 2.05) is 54.5 Å². The fourth-order valence-corrected chi connectivity index (χ4v) is 10.2. The zero-order chi connectivity index (χ0) is 45.8. The van der Waals surface area contributed by atoms with Crippen molar-refractivity contribution in [2.45, 2.75) is 83.6 Å². The van der Waals surface area contributed by atoms with Crippen molar-refractivity contribution in [2.24, 2.45) is 5.92 Å². The molecule has 0 radical (unpaired) electrons. The highest BCUT2D eigenvalue weighted by Gasteiger charge is 2.51. The number of hydrogen-bond donors (Lipinski definition) is 1. The van der Waals surface area contributed by atoms with Crippen molar-refractivity contribution in [1.29, 1.82) is 5.26 Å². The van der Waals surface area contributed by atoms with Gasteiger partial charge in [0.2, 0.25) is 5.91 Å². The number of rotatable bonds is 9. The molecule has 1 N–H and O–H groups in total. The maximum absolute atomic E-state index is 14.1. The van der Waals surface area contributed by atoms with Gasteiger partial charge in [0.05, 0.1) is 34.1 Å². The van der Waals surface area contributed by atoms with Crippen molar-refractivity contribution in [3.63, 3.8) is 0 Å². The Morgan fingerprint density at radius 3 is 2.20 bits per heavy atom. The Balaban J connectivity index is 0.857. The Labute approximate surface area is 375 Å². The van der Waals surface area contributed by atoms with Crippen molar-refractivity contribution in [2.75, 3.05) is 65.9 Å². The van der Waals surface area contributed by atoms with E-state index in [9.17, 15) is 37.6 Å². The van der Waals surface area contributed by atoms with Gasteiger partial charge in [-0.25, -0.2) is 4.79 Å². The van der Waals surface area contributed by atoms with Crippen LogP contribution in [0.15, 0.2) is 66.9 Å². The molecule has 0 unspecified atom stereocenters. The number of likely N-dealkylation sites (tertiary alicyclic amines) is 1. The minimum atomic E-state index is -4.78. The Hall–Kier alpha value is -5.99. The van der Waals surface area contributed by atoms with E-state index in [1.165, 1.54) is 6.07 Å². The molecule has 1 aromatic heterocycles. The van der Waals surface area contributed by atoms with E-state index < -0.39 is 34.8 Å². The first-order valence-corrected chi connectivity index (χ1v) is 22.2. The zero-order valence-corrected chi connectivity index (χ0v) is 37.4. The Kier molecular flexibility index (Phi) is 12.0. The number of nitriles is 1. The standard InChI is InChI=1S/C47H52F3N9O4S/c1-29(2)56-22-16-37-39(56)24-32(25-40(37)57-23-17-41(60)52-44(57)63)42(61)53(5)33-14-18-54(19-15-33)28-30-12-20-55(21-13-30)34-8-10-35(11-9-34)59-45(64)58(43(62)46(59,3)4)36-7-6-31(27-51)38(26-36)47(48,49)50/h6-11,16,22,24-26,29-30,33H,12-15,17-21,23,28H2,1-5H3,(H,52,60,63). The van der Waals surface area contributed by atoms with Crippen LogP contribution in [0.1, 0.15) is 87.3 Å². The maximum atomic E-state index is 14.1. The summed E-state index contributed by atoms with van der Waals surface area (Å²) in [5.74, 6) is -0.357. The lowest BCUT2D eigenvalue weighted by atomic mass is 9.94. The molecule has 64 heavy (non-hydrogen) atoms. The highest BCUT2D eigenvalue weighted by atomic mass is 32.1. The van der Waals surface area contributed by atoms with Crippen molar-refractivity contribution < 1.29 is 32.3 Å². The fourth-order valence-electron chi connectivity index (χ4n) is 9.70. The van der Waals surface area contributed by atoms with Crippen LogP contribution >= 0.6 is 12.2 Å². The van der Waals surface area contributed by atoms with Crippen LogP contribution < -0.4 is 24.9 Å². The largest absolute Gasteiger partial charge is 0.417 e. The Bertz CT molecular complexity index is 2550. The number of nitrogens with one attached hydrogen (secondary N) is 1. The van der Waals surface area contributed by atoms with Gasteiger partial charge in [-0.3, -0.25) is 29.5 Å². The molecular weight excluding hydrogens is 844 g/mol. The molecule has 0 atom stereocenters. The lowest BCUT2D eigenvalue weighted by Crippen LogP contribution is -2.49. The van der Waals surface area contributed by atoms with E-state index in [0.29, 0.717) is 22.9 Å².